The number of benzene rings is 2. The van der Waals surface area contributed by atoms with E-state index in [9.17, 15) is 34.4 Å². The summed E-state index contributed by atoms with van der Waals surface area (Å²) in [7, 11) is 0. The monoisotopic (exact) mass is 412 g/mol. The number of nitro groups is 1. The van der Waals surface area contributed by atoms with Gasteiger partial charge < -0.3 is 10.4 Å². The van der Waals surface area contributed by atoms with Crippen LogP contribution in [0.2, 0.25) is 0 Å². The first-order valence-corrected chi connectivity index (χ1v) is 8.75. The molecule has 2 aromatic rings. The zero-order valence-electron chi connectivity index (χ0n) is 15.4. The van der Waals surface area contributed by atoms with Gasteiger partial charge in [-0.1, -0.05) is 18.2 Å². The summed E-state index contributed by atoms with van der Waals surface area (Å²) in [6.07, 6.45) is 0. The number of imide groups is 2. The van der Waals surface area contributed by atoms with Crippen LogP contribution in [0.1, 0.15) is 22.0 Å². The van der Waals surface area contributed by atoms with Crippen LogP contribution in [-0.4, -0.2) is 56.9 Å². The second-order valence-corrected chi connectivity index (χ2v) is 6.33. The minimum atomic E-state index is -1.54. The molecule has 5 amide bonds. The van der Waals surface area contributed by atoms with Gasteiger partial charge >= 0.3 is 18.0 Å². The third-order valence-electron chi connectivity index (χ3n) is 4.47. The maximum Gasteiger partial charge on any atom is 0.335 e. The molecule has 2 aromatic carbocycles. The summed E-state index contributed by atoms with van der Waals surface area (Å²) < 4.78 is 0. The number of carbonyl (C=O) groups is 4. The van der Waals surface area contributed by atoms with E-state index >= 15 is 0 Å². The van der Waals surface area contributed by atoms with Crippen molar-refractivity contribution in [2.24, 2.45) is 0 Å². The van der Waals surface area contributed by atoms with Crippen LogP contribution in [0.4, 0.5) is 15.3 Å². The molecule has 0 saturated carbocycles. The van der Waals surface area contributed by atoms with E-state index in [-0.39, 0.29) is 29.9 Å². The normalized spacial score (nSPS) is 14.3. The second-order valence-electron chi connectivity index (χ2n) is 6.33. The minimum absolute atomic E-state index is 0.0325. The van der Waals surface area contributed by atoms with Crippen molar-refractivity contribution in [2.75, 3.05) is 13.1 Å². The number of carboxylic acids is 1. The first-order chi connectivity index (χ1) is 14.3. The Morgan fingerprint density at radius 2 is 1.60 bits per heavy atom. The number of nitro benzene ring substituents is 1. The SMILES string of the molecule is O=C(O)C(NC(=O)N1CCN(C(=O)c2ccccc2)C1=O)c1ccc([N+](=O)[O-])cc1. The average Bonchev–Trinajstić information content (AvgIpc) is 3.13. The third kappa shape index (κ3) is 4.09. The predicted octanol–water partition coefficient (Wildman–Crippen LogP) is 2.01. The number of urea groups is 2. The van der Waals surface area contributed by atoms with Crippen molar-refractivity contribution < 1.29 is 29.2 Å². The molecule has 1 aliphatic rings. The highest BCUT2D eigenvalue weighted by molar-refractivity contribution is 6.09. The molecule has 11 heteroatoms. The van der Waals surface area contributed by atoms with E-state index in [1.807, 2.05) is 0 Å². The Morgan fingerprint density at radius 3 is 2.17 bits per heavy atom. The van der Waals surface area contributed by atoms with E-state index in [0.29, 0.717) is 0 Å². The summed E-state index contributed by atoms with van der Waals surface area (Å²) in [5.41, 5.74) is 0.131. The van der Waals surface area contributed by atoms with Gasteiger partial charge in [0.25, 0.3) is 11.6 Å². The molecule has 2 N–H and O–H groups in total. The van der Waals surface area contributed by atoms with Crippen molar-refractivity contribution in [2.45, 2.75) is 6.04 Å². The highest BCUT2D eigenvalue weighted by Gasteiger charge is 2.38. The van der Waals surface area contributed by atoms with Crippen LogP contribution in [0.25, 0.3) is 0 Å². The van der Waals surface area contributed by atoms with Crippen LogP contribution in [-0.2, 0) is 4.79 Å². The van der Waals surface area contributed by atoms with Gasteiger partial charge in [-0.15, -0.1) is 0 Å². The summed E-state index contributed by atoms with van der Waals surface area (Å²) in [5, 5.41) is 22.4. The number of nitrogens with one attached hydrogen (secondary N) is 1. The lowest BCUT2D eigenvalue weighted by atomic mass is 10.1. The topological polar surface area (TPSA) is 150 Å². The lowest BCUT2D eigenvalue weighted by Crippen LogP contribution is -2.46. The fourth-order valence-corrected chi connectivity index (χ4v) is 2.93. The fraction of sp³-hybridized carbons (Fsp3) is 0.158. The molecule has 0 aliphatic carbocycles. The van der Waals surface area contributed by atoms with Crippen LogP contribution < -0.4 is 5.32 Å². The smallest absolute Gasteiger partial charge is 0.335 e. The van der Waals surface area contributed by atoms with E-state index in [4.69, 9.17) is 0 Å². The van der Waals surface area contributed by atoms with Crippen LogP contribution >= 0.6 is 0 Å². The van der Waals surface area contributed by atoms with Gasteiger partial charge in [-0.2, -0.15) is 0 Å². The van der Waals surface area contributed by atoms with Crippen molar-refractivity contribution in [1.29, 1.82) is 0 Å². The van der Waals surface area contributed by atoms with Crippen molar-refractivity contribution >= 4 is 29.6 Å². The lowest BCUT2D eigenvalue weighted by molar-refractivity contribution is -0.384. The van der Waals surface area contributed by atoms with Gasteiger partial charge in [-0.25, -0.2) is 19.3 Å². The number of carbonyl (C=O) groups excluding carboxylic acids is 3. The van der Waals surface area contributed by atoms with E-state index in [2.05, 4.69) is 5.32 Å². The standard InChI is InChI=1S/C19H16N4O7/c24-16(13-4-2-1-3-5-13)21-10-11-22(19(21)28)18(27)20-15(17(25)26)12-6-8-14(9-7-12)23(29)30/h1-9,15H,10-11H2,(H,20,27)(H,25,26). The zero-order chi connectivity index (χ0) is 21.8. The van der Waals surface area contributed by atoms with Crippen molar-refractivity contribution in [3.05, 3.63) is 75.8 Å². The molecule has 1 fully saturated rings. The Hall–Kier alpha value is -4.28. The highest BCUT2D eigenvalue weighted by atomic mass is 16.6. The largest absolute Gasteiger partial charge is 0.479 e. The van der Waals surface area contributed by atoms with Crippen LogP contribution in [0.3, 0.4) is 0 Å². The molecule has 1 unspecified atom stereocenters. The Labute approximate surface area is 169 Å². The Bertz CT molecular complexity index is 1010. The third-order valence-corrected chi connectivity index (χ3v) is 4.47. The number of hydrogen-bond donors (Lipinski definition) is 2. The van der Waals surface area contributed by atoms with Crippen molar-refractivity contribution in [1.82, 2.24) is 15.1 Å². The van der Waals surface area contributed by atoms with Gasteiger partial charge in [0.05, 0.1) is 11.5 Å². The summed E-state index contributed by atoms with van der Waals surface area (Å²) in [6.45, 7) is -0.134. The molecule has 1 heterocycles. The molecule has 0 spiro atoms. The molecule has 11 nitrogen and oxygen atoms in total. The molecule has 1 aliphatic heterocycles. The second kappa shape index (κ2) is 8.39. The van der Waals surface area contributed by atoms with E-state index in [0.717, 1.165) is 21.9 Å². The number of hydrogen-bond acceptors (Lipinski definition) is 6. The minimum Gasteiger partial charge on any atom is -0.479 e. The molecule has 1 atom stereocenters. The lowest BCUT2D eigenvalue weighted by Gasteiger charge is -2.20. The maximum absolute atomic E-state index is 12.5. The number of non-ortho nitro benzene ring substituents is 1. The number of amides is 5. The van der Waals surface area contributed by atoms with Gasteiger partial charge in [-0.3, -0.25) is 19.8 Å². The Balaban J connectivity index is 1.72. The summed E-state index contributed by atoms with van der Waals surface area (Å²) in [6, 6.07) is 9.29. The Kier molecular flexibility index (Phi) is 5.72. The quantitative estimate of drug-likeness (QED) is 0.563. The first kappa shape index (κ1) is 20.5. The van der Waals surface area contributed by atoms with Crippen molar-refractivity contribution in [3.8, 4) is 0 Å². The molecule has 3 rings (SSSR count). The van der Waals surface area contributed by atoms with Crippen molar-refractivity contribution in [3.63, 3.8) is 0 Å². The summed E-state index contributed by atoms with van der Waals surface area (Å²) in [5.74, 6) is -1.98. The summed E-state index contributed by atoms with van der Waals surface area (Å²) in [4.78, 5) is 60.8. The Morgan fingerprint density at radius 1 is 1.00 bits per heavy atom. The number of nitrogens with zero attached hydrogens (tertiary/aromatic N) is 3. The van der Waals surface area contributed by atoms with Gasteiger partial charge in [0.1, 0.15) is 0 Å². The molecule has 0 bridgehead atoms. The van der Waals surface area contributed by atoms with E-state index in [1.165, 1.54) is 24.3 Å². The van der Waals surface area contributed by atoms with Gasteiger partial charge in [0.15, 0.2) is 6.04 Å². The molecule has 154 valence electrons. The number of rotatable bonds is 5. The van der Waals surface area contributed by atoms with E-state index < -0.39 is 34.9 Å². The van der Waals surface area contributed by atoms with Crippen LogP contribution in [0.5, 0.6) is 0 Å². The molecular formula is C19H16N4O7. The molecule has 30 heavy (non-hydrogen) atoms. The van der Waals surface area contributed by atoms with Gasteiger partial charge in [-0.05, 0) is 29.8 Å². The van der Waals surface area contributed by atoms with Crippen LogP contribution in [0.15, 0.2) is 54.6 Å². The predicted molar refractivity (Wildman–Crippen MR) is 102 cm³/mol. The fourth-order valence-electron chi connectivity index (χ4n) is 2.93. The maximum atomic E-state index is 12.5. The number of carboxylic acid groups (broad SMARTS) is 1. The average molecular weight is 412 g/mol. The highest BCUT2D eigenvalue weighted by Crippen LogP contribution is 2.20. The van der Waals surface area contributed by atoms with E-state index in [1.54, 1.807) is 18.2 Å². The first-order valence-electron chi connectivity index (χ1n) is 8.75. The van der Waals surface area contributed by atoms with Gasteiger partial charge in [0, 0.05) is 24.2 Å². The number of aliphatic carboxylic acids is 1. The summed E-state index contributed by atoms with van der Waals surface area (Å²) >= 11 is 0. The molecule has 1 saturated heterocycles. The molecule has 0 radical (unpaired) electrons. The zero-order valence-corrected chi connectivity index (χ0v) is 15.4. The van der Waals surface area contributed by atoms with Gasteiger partial charge in [0.2, 0.25) is 0 Å². The van der Waals surface area contributed by atoms with Crippen LogP contribution in [0, 0.1) is 10.1 Å². The molecular weight excluding hydrogens is 396 g/mol. The molecule has 0 aromatic heterocycles.